The van der Waals surface area contributed by atoms with E-state index in [0.29, 0.717) is 32.5 Å². The first-order valence-corrected chi connectivity index (χ1v) is 12.8. The minimum absolute atomic E-state index is 0.0695. The highest BCUT2D eigenvalue weighted by Crippen LogP contribution is 2.27. The van der Waals surface area contributed by atoms with Gasteiger partial charge in [0.25, 0.3) is 5.91 Å². The van der Waals surface area contributed by atoms with Crippen LogP contribution < -0.4 is 0 Å². The Morgan fingerprint density at radius 2 is 1.66 bits per heavy atom. The van der Waals surface area contributed by atoms with Crippen molar-refractivity contribution in [1.29, 1.82) is 0 Å². The van der Waals surface area contributed by atoms with E-state index in [1.165, 1.54) is 11.3 Å². The molecule has 2 aromatic carbocycles. The van der Waals surface area contributed by atoms with Crippen LogP contribution >= 0.6 is 11.3 Å². The van der Waals surface area contributed by atoms with Crippen LogP contribution in [0, 0.1) is 5.92 Å². The Balaban J connectivity index is 1.29. The van der Waals surface area contributed by atoms with E-state index in [4.69, 9.17) is 5.10 Å². The lowest BCUT2D eigenvalue weighted by atomic mass is 9.95. The Bertz CT molecular complexity index is 1280. The van der Waals surface area contributed by atoms with Gasteiger partial charge in [0.1, 0.15) is 0 Å². The Hall–Kier alpha value is -3.71. The van der Waals surface area contributed by atoms with E-state index in [0.717, 1.165) is 27.4 Å². The Morgan fingerprint density at radius 1 is 0.971 bits per heavy atom. The van der Waals surface area contributed by atoms with Gasteiger partial charge in [-0.3, -0.25) is 9.59 Å². The summed E-state index contributed by atoms with van der Waals surface area (Å²) in [6, 6.07) is 23.8. The molecule has 35 heavy (non-hydrogen) atoms. The second-order valence-corrected chi connectivity index (χ2v) is 9.83. The van der Waals surface area contributed by atoms with Crippen LogP contribution in [0.3, 0.4) is 0 Å². The van der Waals surface area contributed by atoms with E-state index < -0.39 is 0 Å². The summed E-state index contributed by atoms with van der Waals surface area (Å²) in [5.74, 6) is 0.122. The minimum Gasteiger partial charge on any atom is -0.341 e. The van der Waals surface area contributed by atoms with E-state index in [1.54, 1.807) is 4.90 Å². The van der Waals surface area contributed by atoms with Gasteiger partial charge in [-0.25, -0.2) is 4.68 Å². The van der Waals surface area contributed by atoms with Gasteiger partial charge >= 0.3 is 0 Å². The summed E-state index contributed by atoms with van der Waals surface area (Å²) in [6.07, 6.45) is 3.40. The largest absolute Gasteiger partial charge is 0.341 e. The van der Waals surface area contributed by atoms with Crippen molar-refractivity contribution in [2.24, 2.45) is 5.92 Å². The molecule has 1 aliphatic rings. The fourth-order valence-corrected chi connectivity index (χ4v) is 5.30. The molecule has 1 fully saturated rings. The number of hydrogen-bond acceptors (Lipinski definition) is 4. The fourth-order valence-electron chi connectivity index (χ4n) is 4.61. The molecular weight excluding hydrogens is 456 g/mol. The van der Waals surface area contributed by atoms with E-state index >= 15 is 0 Å². The second kappa shape index (κ2) is 10.3. The molecule has 4 aromatic rings. The second-order valence-electron chi connectivity index (χ2n) is 8.89. The van der Waals surface area contributed by atoms with E-state index in [-0.39, 0.29) is 17.7 Å². The molecule has 7 heteroatoms. The first-order valence-electron chi connectivity index (χ1n) is 11.9. The normalized spacial score (nSPS) is 14.1. The number of benzene rings is 2. The van der Waals surface area contributed by atoms with Crippen LogP contribution in [-0.2, 0) is 11.3 Å². The topological polar surface area (TPSA) is 58.4 Å². The first-order chi connectivity index (χ1) is 17.1. The smallest absolute Gasteiger partial charge is 0.263 e. The van der Waals surface area contributed by atoms with Crippen LogP contribution in [0.5, 0.6) is 0 Å². The van der Waals surface area contributed by atoms with Gasteiger partial charge in [0.2, 0.25) is 5.91 Å². The summed E-state index contributed by atoms with van der Waals surface area (Å²) < 4.78 is 1.88. The first kappa shape index (κ1) is 23.1. The van der Waals surface area contributed by atoms with Gasteiger partial charge in [0.05, 0.1) is 16.3 Å². The summed E-state index contributed by atoms with van der Waals surface area (Å²) in [5, 5.41) is 6.78. The SMILES string of the molecule is CN(Cc1cn(-c2ccccc2)nc1-c1ccccc1)C(=O)C1CCN(C(=O)c2cccs2)CC1. The molecule has 5 rings (SSSR count). The zero-order valence-corrected chi connectivity index (χ0v) is 20.5. The number of nitrogens with zero attached hydrogens (tertiary/aromatic N) is 4. The Labute approximate surface area is 209 Å². The number of thiophene rings is 1. The number of para-hydroxylation sites is 1. The third-order valence-corrected chi connectivity index (χ3v) is 7.36. The van der Waals surface area contributed by atoms with Crippen LogP contribution in [0.1, 0.15) is 28.1 Å². The maximum atomic E-state index is 13.3. The van der Waals surface area contributed by atoms with Gasteiger partial charge in [-0.2, -0.15) is 5.10 Å². The summed E-state index contributed by atoms with van der Waals surface area (Å²) >= 11 is 1.46. The lowest BCUT2D eigenvalue weighted by Gasteiger charge is -2.33. The van der Waals surface area contributed by atoms with Crippen molar-refractivity contribution in [2.45, 2.75) is 19.4 Å². The van der Waals surface area contributed by atoms with E-state index in [9.17, 15) is 9.59 Å². The lowest BCUT2D eigenvalue weighted by molar-refractivity contribution is -0.136. The van der Waals surface area contributed by atoms with Crippen LogP contribution in [0.2, 0.25) is 0 Å². The lowest BCUT2D eigenvalue weighted by Crippen LogP contribution is -2.43. The maximum Gasteiger partial charge on any atom is 0.263 e. The summed E-state index contributed by atoms with van der Waals surface area (Å²) in [4.78, 5) is 30.4. The van der Waals surface area contributed by atoms with Crippen molar-refractivity contribution >= 4 is 23.2 Å². The maximum absolute atomic E-state index is 13.3. The molecule has 6 nitrogen and oxygen atoms in total. The number of carbonyl (C=O) groups is 2. The molecule has 1 saturated heterocycles. The number of hydrogen-bond donors (Lipinski definition) is 0. The number of rotatable bonds is 6. The van der Waals surface area contributed by atoms with Crippen LogP contribution in [0.4, 0.5) is 0 Å². The van der Waals surface area contributed by atoms with Gasteiger partial charge < -0.3 is 9.80 Å². The van der Waals surface area contributed by atoms with Crippen molar-refractivity contribution in [2.75, 3.05) is 20.1 Å². The van der Waals surface area contributed by atoms with Crippen LogP contribution in [0.25, 0.3) is 16.9 Å². The van der Waals surface area contributed by atoms with Gasteiger partial charge in [-0.1, -0.05) is 54.6 Å². The Morgan fingerprint density at radius 3 is 2.31 bits per heavy atom. The number of likely N-dealkylation sites (tertiary alicyclic amines) is 1. The molecule has 3 heterocycles. The molecule has 0 bridgehead atoms. The summed E-state index contributed by atoms with van der Waals surface area (Å²) in [7, 11) is 1.86. The summed E-state index contributed by atoms with van der Waals surface area (Å²) in [5.41, 5.74) is 3.89. The monoisotopic (exact) mass is 484 g/mol. The average Bonchev–Trinajstić information content (AvgIpc) is 3.60. The molecule has 0 aliphatic carbocycles. The highest BCUT2D eigenvalue weighted by molar-refractivity contribution is 7.12. The predicted molar refractivity (Wildman–Crippen MR) is 138 cm³/mol. The molecule has 2 amide bonds. The number of amides is 2. The molecule has 0 unspecified atom stereocenters. The van der Waals surface area contributed by atoms with Gasteiger partial charge in [-0.05, 0) is 36.4 Å². The molecular formula is C28H28N4O2S. The molecule has 0 radical (unpaired) electrons. The standard InChI is InChI=1S/C28H28N4O2S/c1-30(27(33)22-14-16-31(17-15-22)28(34)25-13-8-18-35-25)19-23-20-32(24-11-6-3-7-12-24)29-26(23)21-9-4-2-5-10-21/h2-13,18,20,22H,14-17,19H2,1H3. The highest BCUT2D eigenvalue weighted by atomic mass is 32.1. The quantitative estimate of drug-likeness (QED) is 0.382. The van der Waals surface area contributed by atoms with Crippen LogP contribution in [-0.4, -0.2) is 51.5 Å². The van der Waals surface area contributed by atoms with Crippen molar-refractivity contribution in [3.63, 3.8) is 0 Å². The zero-order valence-electron chi connectivity index (χ0n) is 19.7. The molecule has 1 aliphatic heterocycles. The van der Waals surface area contributed by atoms with Crippen molar-refractivity contribution in [3.05, 3.63) is 94.8 Å². The third-order valence-electron chi connectivity index (χ3n) is 6.51. The van der Waals surface area contributed by atoms with Crippen molar-refractivity contribution in [3.8, 4) is 16.9 Å². The predicted octanol–water partition coefficient (Wildman–Crippen LogP) is 5.11. The van der Waals surface area contributed by atoms with Gasteiger partial charge in [0, 0.05) is 49.9 Å². The molecule has 0 saturated carbocycles. The van der Waals surface area contributed by atoms with Crippen molar-refractivity contribution < 1.29 is 9.59 Å². The van der Waals surface area contributed by atoms with E-state index in [1.807, 2.05) is 101 Å². The molecule has 0 spiro atoms. The van der Waals surface area contributed by atoms with Gasteiger partial charge in [0.15, 0.2) is 0 Å². The molecule has 0 N–H and O–H groups in total. The minimum atomic E-state index is -0.0725. The molecule has 0 atom stereocenters. The Kier molecular flexibility index (Phi) is 6.77. The molecule has 178 valence electrons. The fraction of sp³-hybridized carbons (Fsp3) is 0.250. The third kappa shape index (κ3) is 5.05. The molecule has 2 aromatic heterocycles. The highest BCUT2D eigenvalue weighted by Gasteiger charge is 2.30. The number of aromatic nitrogens is 2. The van der Waals surface area contributed by atoms with E-state index in [2.05, 4.69) is 0 Å². The average molecular weight is 485 g/mol. The zero-order chi connectivity index (χ0) is 24.2. The number of piperidine rings is 1. The summed E-state index contributed by atoms with van der Waals surface area (Å²) in [6.45, 7) is 1.70. The number of carbonyl (C=O) groups excluding carboxylic acids is 2. The van der Waals surface area contributed by atoms with Crippen LogP contribution in [0.15, 0.2) is 84.4 Å². The van der Waals surface area contributed by atoms with Gasteiger partial charge in [-0.15, -0.1) is 11.3 Å². The van der Waals surface area contributed by atoms with Crippen molar-refractivity contribution in [1.82, 2.24) is 19.6 Å².